The van der Waals surface area contributed by atoms with Crippen molar-refractivity contribution in [3.63, 3.8) is 0 Å². The van der Waals surface area contributed by atoms with Gasteiger partial charge in [0, 0.05) is 10.6 Å². The molecule has 0 amide bonds. The van der Waals surface area contributed by atoms with Crippen molar-refractivity contribution < 1.29 is 9.47 Å². The van der Waals surface area contributed by atoms with Gasteiger partial charge in [-0.05, 0) is 36.4 Å². The molecule has 0 radical (unpaired) electrons. The van der Waals surface area contributed by atoms with E-state index in [9.17, 15) is 0 Å². The third kappa shape index (κ3) is 3.40. The largest absolute Gasteiger partial charge is 0.496 e. The lowest BCUT2D eigenvalue weighted by molar-refractivity contribution is 0.296. The number of halogens is 1. The molecular formula is C15H12ClNO2. The second kappa shape index (κ2) is 6.12. The summed E-state index contributed by atoms with van der Waals surface area (Å²) in [5, 5.41) is 9.52. The molecule has 0 unspecified atom stereocenters. The molecule has 2 aromatic rings. The standard InChI is InChI=1S/C15H12ClNO2/c1-18-15-6-5-11(9-17)7-12(15)10-19-14-4-2-3-13(16)8-14/h2-8H,10H2,1H3. The van der Waals surface area contributed by atoms with Crippen LogP contribution >= 0.6 is 11.6 Å². The molecule has 0 aromatic heterocycles. The van der Waals surface area contributed by atoms with Crippen LogP contribution in [0.25, 0.3) is 0 Å². The number of benzene rings is 2. The van der Waals surface area contributed by atoms with Crippen LogP contribution in [-0.4, -0.2) is 7.11 Å². The van der Waals surface area contributed by atoms with Crippen molar-refractivity contribution in [1.29, 1.82) is 5.26 Å². The summed E-state index contributed by atoms with van der Waals surface area (Å²) < 4.78 is 10.9. The quantitative estimate of drug-likeness (QED) is 0.851. The van der Waals surface area contributed by atoms with Gasteiger partial charge in [0.2, 0.25) is 0 Å². The van der Waals surface area contributed by atoms with Crippen LogP contribution in [-0.2, 0) is 6.61 Å². The molecule has 0 fully saturated rings. The van der Waals surface area contributed by atoms with Crippen molar-refractivity contribution in [2.75, 3.05) is 7.11 Å². The minimum absolute atomic E-state index is 0.318. The molecule has 0 atom stereocenters. The van der Waals surface area contributed by atoms with Gasteiger partial charge in [-0.2, -0.15) is 5.26 Å². The zero-order chi connectivity index (χ0) is 13.7. The third-order valence-electron chi connectivity index (χ3n) is 2.60. The molecule has 0 spiro atoms. The Bertz CT molecular complexity index is 620. The Balaban J connectivity index is 2.16. The smallest absolute Gasteiger partial charge is 0.125 e. The fourth-order valence-electron chi connectivity index (χ4n) is 1.68. The van der Waals surface area contributed by atoms with Crippen molar-refractivity contribution in [3.8, 4) is 17.6 Å². The molecule has 0 aliphatic heterocycles. The van der Waals surface area contributed by atoms with E-state index >= 15 is 0 Å². The summed E-state index contributed by atoms with van der Waals surface area (Å²) in [4.78, 5) is 0. The van der Waals surface area contributed by atoms with Gasteiger partial charge in [-0.25, -0.2) is 0 Å². The molecule has 19 heavy (non-hydrogen) atoms. The Labute approximate surface area is 117 Å². The zero-order valence-electron chi connectivity index (χ0n) is 10.4. The second-order valence-corrected chi connectivity index (χ2v) is 4.32. The Kier molecular flexibility index (Phi) is 4.27. The van der Waals surface area contributed by atoms with Crippen molar-refractivity contribution in [2.45, 2.75) is 6.61 Å². The summed E-state index contributed by atoms with van der Waals surface area (Å²) in [6.07, 6.45) is 0. The van der Waals surface area contributed by atoms with E-state index in [-0.39, 0.29) is 0 Å². The van der Waals surface area contributed by atoms with E-state index in [0.29, 0.717) is 28.7 Å². The van der Waals surface area contributed by atoms with Crippen molar-refractivity contribution >= 4 is 11.6 Å². The highest BCUT2D eigenvalue weighted by Crippen LogP contribution is 2.23. The van der Waals surface area contributed by atoms with Gasteiger partial charge in [-0.15, -0.1) is 0 Å². The summed E-state index contributed by atoms with van der Waals surface area (Å²) in [5.74, 6) is 1.37. The van der Waals surface area contributed by atoms with Gasteiger partial charge in [0.05, 0.1) is 18.7 Å². The average molecular weight is 274 g/mol. The lowest BCUT2D eigenvalue weighted by atomic mass is 10.1. The maximum absolute atomic E-state index is 8.90. The van der Waals surface area contributed by atoms with E-state index in [4.69, 9.17) is 26.3 Å². The topological polar surface area (TPSA) is 42.2 Å². The van der Waals surface area contributed by atoms with Gasteiger partial charge in [0.1, 0.15) is 18.1 Å². The number of methoxy groups -OCH3 is 1. The van der Waals surface area contributed by atoms with E-state index in [0.717, 1.165) is 5.56 Å². The van der Waals surface area contributed by atoms with E-state index in [1.165, 1.54) is 0 Å². The Morgan fingerprint density at radius 2 is 2.05 bits per heavy atom. The first kappa shape index (κ1) is 13.3. The highest BCUT2D eigenvalue weighted by molar-refractivity contribution is 6.30. The fraction of sp³-hybridized carbons (Fsp3) is 0.133. The molecule has 2 rings (SSSR count). The molecule has 2 aromatic carbocycles. The molecule has 4 heteroatoms. The Hall–Kier alpha value is -2.18. The van der Waals surface area contributed by atoms with Crippen LogP contribution < -0.4 is 9.47 Å². The number of hydrogen-bond acceptors (Lipinski definition) is 3. The van der Waals surface area contributed by atoms with Crippen LogP contribution in [0.15, 0.2) is 42.5 Å². The van der Waals surface area contributed by atoms with Gasteiger partial charge >= 0.3 is 0 Å². The Morgan fingerprint density at radius 3 is 2.74 bits per heavy atom. The first-order valence-corrected chi connectivity index (χ1v) is 6.06. The normalized spacial score (nSPS) is 9.74. The molecule has 0 N–H and O–H groups in total. The van der Waals surface area contributed by atoms with Crippen molar-refractivity contribution in [1.82, 2.24) is 0 Å². The van der Waals surface area contributed by atoms with Crippen LogP contribution in [0.3, 0.4) is 0 Å². The summed E-state index contributed by atoms with van der Waals surface area (Å²) in [6, 6.07) is 14.5. The lowest BCUT2D eigenvalue weighted by Gasteiger charge is -2.10. The number of ether oxygens (including phenoxy) is 2. The first-order valence-electron chi connectivity index (χ1n) is 5.68. The van der Waals surface area contributed by atoms with Gasteiger partial charge in [0.15, 0.2) is 0 Å². The molecule has 0 aliphatic rings. The molecule has 0 heterocycles. The van der Waals surface area contributed by atoms with Gasteiger partial charge < -0.3 is 9.47 Å². The summed E-state index contributed by atoms with van der Waals surface area (Å²) in [6.45, 7) is 0.318. The summed E-state index contributed by atoms with van der Waals surface area (Å²) in [7, 11) is 1.59. The molecule has 0 saturated heterocycles. The van der Waals surface area contributed by atoms with Crippen LogP contribution in [0.4, 0.5) is 0 Å². The van der Waals surface area contributed by atoms with E-state index in [1.54, 1.807) is 37.4 Å². The van der Waals surface area contributed by atoms with Crippen molar-refractivity contribution in [2.24, 2.45) is 0 Å². The highest BCUT2D eigenvalue weighted by Gasteiger charge is 2.05. The number of nitriles is 1. The number of rotatable bonds is 4. The average Bonchev–Trinajstić information content (AvgIpc) is 2.45. The predicted octanol–water partition coefficient (Wildman–Crippen LogP) is 3.80. The SMILES string of the molecule is COc1ccc(C#N)cc1COc1cccc(Cl)c1. The van der Waals surface area contributed by atoms with Gasteiger partial charge in [-0.1, -0.05) is 17.7 Å². The van der Waals surface area contributed by atoms with Crippen LogP contribution in [0, 0.1) is 11.3 Å². The zero-order valence-corrected chi connectivity index (χ0v) is 11.1. The molecular weight excluding hydrogens is 262 g/mol. The maximum atomic E-state index is 8.90. The third-order valence-corrected chi connectivity index (χ3v) is 2.84. The summed E-state index contributed by atoms with van der Waals surface area (Å²) in [5.41, 5.74) is 1.40. The Morgan fingerprint density at radius 1 is 1.21 bits per heavy atom. The predicted molar refractivity (Wildman–Crippen MR) is 73.5 cm³/mol. The molecule has 96 valence electrons. The minimum atomic E-state index is 0.318. The second-order valence-electron chi connectivity index (χ2n) is 3.88. The monoisotopic (exact) mass is 273 g/mol. The fourth-order valence-corrected chi connectivity index (χ4v) is 1.86. The molecule has 3 nitrogen and oxygen atoms in total. The lowest BCUT2D eigenvalue weighted by Crippen LogP contribution is -1.99. The van der Waals surface area contributed by atoms with Crippen LogP contribution in [0.2, 0.25) is 5.02 Å². The van der Waals surface area contributed by atoms with E-state index < -0.39 is 0 Å². The van der Waals surface area contributed by atoms with E-state index in [1.807, 2.05) is 12.1 Å². The van der Waals surface area contributed by atoms with Crippen molar-refractivity contribution in [3.05, 3.63) is 58.6 Å². The van der Waals surface area contributed by atoms with Crippen LogP contribution in [0.1, 0.15) is 11.1 Å². The summed E-state index contributed by atoms with van der Waals surface area (Å²) >= 11 is 5.89. The van der Waals surface area contributed by atoms with E-state index in [2.05, 4.69) is 6.07 Å². The highest BCUT2D eigenvalue weighted by atomic mass is 35.5. The number of hydrogen-bond donors (Lipinski definition) is 0. The molecule has 0 saturated carbocycles. The molecule has 0 aliphatic carbocycles. The minimum Gasteiger partial charge on any atom is -0.496 e. The van der Waals surface area contributed by atoms with Gasteiger partial charge in [0.25, 0.3) is 0 Å². The number of nitrogens with zero attached hydrogens (tertiary/aromatic N) is 1. The first-order chi connectivity index (χ1) is 9.22. The maximum Gasteiger partial charge on any atom is 0.125 e. The van der Waals surface area contributed by atoms with Gasteiger partial charge in [-0.3, -0.25) is 0 Å². The van der Waals surface area contributed by atoms with Crippen LogP contribution in [0.5, 0.6) is 11.5 Å². The molecule has 0 bridgehead atoms.